The molecule has 16 heteroatoms. The number of nitrogens with two attached hydrogens (primary N) is 1. The smallest absolute Gasteiger partial charge is 0.243 e. The second kappa shape index (κ2) is 20.1. The number of ether oxygens (including phenoxy) is 2. The van der Waals surface area contributed by atoms with E-state index in [4.69, 9.17) is 15.2 Å². The molecule has 4 unspecified atom stereocenters. The number of aliphatic hydroxyl groups is 1. The zero-order valence-electron chi connectivity index (χ0n) is 23.9. The van der Waals surface area contributed by atoms with Gasteiger partial charge in [-0.25, -0.2) is 0 Å². The van der Waals surface area contributed by atoms with Crippen LogP contribution < -0.4 is 27.0 Å². The lowest BCUT2D eigenvalue weighted by atomic mass is 10.1. The average molecular weight is 605 g/mol. The summed E-state index contributed by atoms with van der Waals surface area (Å²) in [7, 11) is 1.40. The molecule has 4 atom stereocenters. The van der Waals surface area contributed by atoms with Crippen molar-refractivity contribution in [1.82, 2.24) is 26.2 Å². The van der Waals surface area contributed by atoms with Gasteiger partial charge in [0.1, 0.15) is 12.1 Å². The third-order valence-corrected chi connectivity index (χ3v) is 7.19. The number of thioether (sulfide) groups is 1. The summed E-state index contributed by atoms with van der Waals surface area (Å²) in [5, 5.41) is 19.2. The van der Waals surface area contributed by atoms with Crippen LogP contribution >= 0.6 is 11.8 Å². The molecule has 6 amide bonds. The number of likely N-dealkylation sites (tertiary alicyclic amines) is 1. The van der Waals surface area contributed by atoms with E-state index in [1.165, 1.54) is 14.0 Å². The maximum Gasteiger partial charge on any atom is 0.243 e. The van der Waals surface area contributed by atoms with Crippen molar-refractivity contribution in [2.45, 2.75) is 69.6 Å². The quantitative estimate of drug-likeness (QED) is 0.0460. The zero-order valence-corrected chi connectivity index (χ0v) is 24.8. The third kappa shape index (κ3) is 14.1. The summed E-state index contributed by atoms with van der Waals surface area (Å²) in [6.45, 7) is 3.80. The van der Waals surface area contributed by atoms with Crippen molar-refractivity contribution in [3.63, 3.8) is 0 Å². The number of imide groups is 1. The van der Waals surface area contributed by atoms with E-state index in [1.54, 1.807) is 6.92 Å². The number of rotatable bonds is 21. The molecule has 1 aliphatic heterocycles. The highest BCUT2D eigenvalue weighted by atomic mass is 32.2. The van der Waals surface area contributed by atoms with E-state index in [9.17, 15) is 33.9 Å². The predicted molar refractivity (Wildman–Crippen MR) is 150 cm³/mol. The molecule has 41 heavy (non-hydrogen) atoms. The Kier molecular flexibility index (Phi) is 17.8. The molecule has 0 aromatic heterocycles. The van der Waals surface area contributed by atoms with Gasteiger partial charge in [-0.15, -0.1) is 11.8 Å². The van der Waals surface area contributed by atoms with E-state index in [-0.39, 0.29) is 50.8 Å². The van der Waals surface area contributed by atoms with Crippen LogP contribution in [0.15, 0.2) is 0 Å². The molecule has 0 saturated carbocycles. The van der Waals surface area contributed by atoms with Gasteiger partial charge < -0.3 is 41.6 Å². The number of unbranched alkanes of at least 4 members (excludes halogenated alkanes) is 1. The summed E-state index contributed by atoms with van der Waals surface area (Å²) >= 11 is 1.06. The van der Waals surface area contributed by atoms with E-state index in [1.807, 2.05) is 0 Å². The van der Waals surface area contributed by atoms with E-state index in [0.717, 1.165) is 16.7 Å². The minimum absolute atomic E-state index is 0.00603. The number of hydrogen-bond donors (Lipinski definition) is 6. The van der Waals surface area contributed by atoms with Gasteiger partial charge in [0.25, 0.3) is 0 Å². The fraction of sp³-hybridized carbons (Fsp3) is 0.760. The van der Waals surface area contributed by atoms with Gasteiger partial charge in [0.2, 0.25) is 35.4 Å². The Morgan fingerprint density at radius 3 is 2.46 bits per heavy atom. The van der Waals surface area contributed by atoms with Crippen molar-refractivity contribution >= 4 is 47.2 Å². The highest BCUT2D eigenvalue weighted by Crippen LogP contribution is 2.26. The fourth-order valence-corrected chi connectivity index (χ4v) is 5.07. The lowest BCUT2D eigenvalue weighted by Crippen LogP contribution is -2.48. The molecule has 234 valence electrons. The molecule has 1 heterocycles. The van der Waals surface area contributed by atoms with Crippen LogP contribution in [0, 0.1) is 0 Å². The zero-order chi connectivity index (χ0) is 30.8. The van der Waals surface area contributed by atoms with Crippen LogP contribution in [0.3, 0.4) is 0 Å². The third-order valence-electron chi connectivity index (χ3n) is 5.89. The number of nitrogens with one attached hydrogen (secondary N) is 4. The standard InChI is InChI=1S/C25H44N6O9S/c1-4-27-23(36)17(7-5-6-9-26)30-20(33)8-11-31-21(34)13-19(25(31)38)41-15-18(29-16(2)32)24(37)28-10-12-40-22(35)14-39-3/h17-19,22,35H,4-15,26H2,1-3H3,(H,27,36)(H,28,37)(H,29,32)(H,30,33). The predicted octanol–water partition coefficient (Wildman–Crippen LogP) is -2.41. The molecular weight excluding hydrogens is 560 g/mol. The molecule has 7 N–H and O–H groups in total. The van der Waals surface area contributed by atoms with Gasteiger partial charge in [-0.2, -0.15) is 0 Å². The van der Waals surface area contributed by atoms with Crippen molar-refractivity contribution in [2.24, 2.45) is 5.73 Å². The molecule has 1 rings (SSSR count). The first-order valence-electron chi connectivity index (χ1n) is 13.6. The molecule has 15 nitrogen and oxygen atoms in total. The van der Waals surface area contributed by atoms with E-state index < -0.39 is 53.2 Å². The Labute approximate surface area is 244 Å². The molecule has 1 aliphatic rings. The molecule has 0 aliphatic carbocycles. The molecule has 0 radical (unpaired) electrons. The minimum atomic E-state index is -1.14. The lowest BCUT2D eigenvalue weighted by Gasteiger charge is -2.20. The largest absolute Gasteiger partial charge is 0.379 e. The number of aliphatic hydroxyl groups excluding tert-OH is 1. The number of likely N-dealkylation sites (N-methyl/N-ethyl adjacent to an activating group) is 1. The van der Waals surface area contributed by atoms with Crippen LogP contribution in [-0.2, 0) is 38.2 Å². The normalized spacial score (nSPS) is 17.1. The maximum absolute atomic E-state index is 12.9. The maximum atomic E-state index is 12.9. The molecule has 1 saturated heterocycles. The average Bonchev–Trinajstić information content (AvgIpc) is 3.19. The van der Waals surface area contributed by atoms with Crippen LogP contribution in [0.25, 0.3) is 0 Å². The number of carbonyl (C=O) groups is 6. The number of nitrogens with zero attached hydrogens (tertiary/aromatic N) is 1. The number of hydrogen-bond acceptors (Lipinski definition) is 11. The summed E-state index contributed by atoms with van der Waals surface area (Å²) in [4.78, 5) is 75.4. The first-order valence-corrected chi connectivity index (χ1v) is 14.6. The Balaban J connectivity index is 2.61. The van der Waals surface area contributed by atoms with Crippen LogP contribution in [0.5, 0.6) is 0 Å². The van der Waals surface area contributed by atoms with Crippen molar-refractivity contribution in [1.29, 1.82) is 0 Å². The molecule has 0 aromatic carbocycles. The number of carbonyl (C=O) groups excluding carboxylic acids is 6. The van der Waals surface area contributed by atoms with Gasteiger partial charge >= 0.3 is 0 Å². The SMILES string of the molecule is CCNC(=O)C(CCCCN)NC(=O)CCN1C(=O)CC(SCC(NC(C)=O)C(=O)NCCOC(O)COC)C1=O. The van der Waals surface area contributed by atoms with Crippen LogP contribution in [0.1, 0.15) is 46.0 Å². The Bertz CT molecular complexity index is 894. The van der Waals surface area contributed by atoms with Crippen molar-refractivity contribution in [3.8, 4) is 0 Å². The van der Waals surface area contributed by atoms with E-state index >= 15 is 0 Å². The molecular formula is C25H44N6O9S. The van der Waals surface area contributed by atoms with E-state index in [2.05, 4.69) is 21.3 Å². The summed E-state index contributed by atoms with van der Waals surface area (Å²) in [6, 6.07) is -1.71. The van der Waals surface area contributed by atoms with Crippen LogP contribution in [-0.4, -0.2) is 121 Å². The molecule has 1 fully saturated rings. The van der Waals surface area contributed by atoms with Crippen LogP contribution in [0.4, 0.5) is 0 Å². The first-order chi connectivity index (χ1) is 19.5. The number of methoxy groups -OCH3 is 1. The van der Waals surface area contributed by atoms with Crippen molar-refractivity contribution < 1.29 is 43.3 Å². The summed E-state index contributed by atoms with van der Waals surface area (Å²) < 4.78 is 9.80. The second-order valence-electron chi connectivity index (χ2n) is 9.28. The van der Waals surface area contributed by atoms with Gasteiger partial charge in [-0.3, -0.25) is 33.7 Å². The minimum Gasteiger partial charge on any atom is -0.379 e. The van der Waals surface area contributed by atoms with Gasteiger partial charge in [-0.1, -0.05) is 0 Å². The summed E-state index contributed by atoms with van der Waals surface area (Å²) in [5.41, 5.74) is 5.51. The highest BCUT2D eigenvalue weighted by molar-refractivity contribution is 8.00. The lowest BCUT2D eigenvalue weighted by molar-refractivity contribution is -0.139. The van der Waals surface area contributed by atoms with Gasteiger partial charge in [0.05, 0.1) is 18.5 Å². The van der Waals surface area contributed by atoms with Gasteiger partial charge in [0.15, 0.2) is 6.29 Å². The second-order valence-corrected chi connectivity index (χ2v) is 10.5. The van der Waals surface area contributed by atoms with Crippen LogP contribution in [0.2, 0.25) is 0 Å². The Hall–Kier alpha value is -2.79. The topological polar surface area (TPSA) is 218 Å². The summed E-state index contributed by atoms with van der Waals surface area (Å²) in [5.74, 6) is -2.66. The van der Waals surface area contributed by atoms with Crippen molar-refractivity contribution in [2.75, 3.05) is 52.3 Å². The van der Waals surface area contributed by atoms with Crippen molar-refractivity contribution in [3.05, 3.63) is 0 Å². The molecule has 0 spiro atoms. The monoisotopic (exact) mass is 604 g/mol. The fourth-order valence-electron chi connectivity index (χ4n) is 3.88. The highest BCUT2D eigenvalue weighted by Gasteiger charge is 2.39. The van der Waals surface area contributed by atoms with Gasteiger partial charge in [0, 0.05) is 52.3 Å². The Morgan fingerprint density at radius 2 is 1.83 bits per heavy atom. The van der Waals surface area contributed by atoms with E-state index in [0.29, 0.717) is 32.4 Å². The molecule has 0 aromatic rings. The summed E-state index contributed by atoms with van der Waals surface area (Å²) in [6.07, 6.45) is 0.372. The Morgan fingerprint density at radius 1 is 1.12 bits per heavy atom. The number of amides is 6. The molecule has 0 bridgehead atoms. The first kappa shape index (κ1) is 36.2. The van der Waals surface area contributed by atoms with Gasteiger partial charge in [-0.05, 0) is 32.7 Å².